The molecule has 0 saturated heterocycles. The van der Waals surface area contributed by atoms with Crippen LogP contribution in [0.3, 0.4) is 0 Å². The van der Waals surface area contributed by atoms with Crippen LogP contribution in [-0.2, 0) is 4.79 Å². The Labute approximate surface area is 117 Å². The van der Waals surface area contributed by atoms with Crippen LogP contribution >= 0.6 is 11.8 Å². The molecule has 1 rings (SSSR count). The van der Waals surface area contributed by atoms with Crippen LogP contribution in [0.15, 0.2) is 29.2 Å². The van der Waals surface area contributed by atoms with Crippen LogP contribution in [0.1, 0.15) is 12.5 Å². The zero-order valence-corrected chi connectivity index (χ0v) is 11.9. The highest BCUT2D eigenvalue weighted by Crippen LogP contribution is 2.17. The molecule has 0 spiro atoms. The van der Waals surface area contributed by atoms with Crippen molar-refractivity contribution in [3.05, 3.63) is 29.8 Å². The van der Waals surface area contributed by atoms with Gasteiger partial charge in [-0.15, -0.1) is 11.8 Å². The summed E-state index contributed by atoms with van der Waals surface area (Å²) >= 11 is 1.67. The smallest absolute Gasteiger partial charge is 0.312 e. The van der Waals surface area contributed by atoms with Crippen LogP contribution in [0.25, 0.3) is 0 Å². The summed E-state index contributed by atoms with van der Waals surface area (Å²) in [4.78, 5) is 23.3. The molecule has 0 heterocycles. The highest BCUT2D eigenvalue weighted by Gasteiger charge is 2.12. The average Bonchev–Trinajstić information content (AvgIpc) is 2.35. The Morgan fingerprint density at radius 1 is 1.32 bits per heavy atom. The first-order valence-electron chi connectivity index (χ1n) is 6.02. The second-order valence-electron chi connectivity index (χ2n) is 4.18. The molecule has 104 valence electrons. The number of hydrogen-bond donors (Lipinski definition) is 3. The Morgan fingerprint density at radius 3 is 2.53 bits per heavy atom. The summed E-state index contributed by atoms with van der Waals surface area (Å²) in [6.07, 6.45) is 0. The van der Waals surface area contributed by atoms with Gasteiger partial charge in [0.2, 0.25) is 5.91 Å². The summed E-state index contributed by atoms with van der Waals surface area (Å²) in [6.45, 7) is 4.18. The molecule has 0 unspecified atom stereocenters. The standard InChI is InChI=1S/C13H19N3O2S/c1-9-3-5-11(6-4-9)19-8-7-15-12(17)10(2)16-13(14)18/h3-6,10H,7-8H2,1-2H3,(H,15,17)(H3,14,16,18)/t10-/m0/s1. The van der Waals surface area contributed by atoms with E-state index in [1.165, 1.54) is 10.5 Å². The third-order valence-corrected chi connectivity index (χ3v) is 3.46. The fraction of sp³-hybridized carbons (Fsp3) is 0.385. The quantitative estimate of drug-likeness (QED) is 0.542. The third-order valence-electron chi connectivity index (χ3n) is 2.44. The molecule has 0 aliphatic rings. The highest BCUT2D eigenvalue weighted by molar-refractivity contribution is 7.99. The van der Waals surface area contributed by atoms with Crippen LogP contribution in [0.4, 0.5) is 4.79 Å². The summed E-state index contributed by atoms with van der Waals surface area (Å²) in [5.41, 5.74) is 6.17. The number of thioether (sulfide) groups is 1. The van der Waals surface area contributed by atoms with Crippen molar-refractivity contribution in [3.8, 4) is 0 Å². The molecule has 3 amide bonds. The van der Waals surface area contributed by atoms with Crippen molar-refractivity contribution in [2.24, 2.45) is 5.73 Å². The van der Waals surface area contributed by atoms with Crippen LogP contribution in [-0.4, -0.2) is 30.3 Å². The van der Waals surface area contributed by atoms with Gasteiger partial charge in [-0.1, -0.05) is 17.7 Å². The van der Waals surface area contributed by atoms with Crippen molar-refractivity contribution in [2.75, 3.05) is 12.3 Å². The van der Waals surface area contributed by atoms with Crippen LogP contribution < -0.4 is 16.4 Å². The molecule has 0 bridgehead atoms. The molecule has 1 aromatic rings. The first kappa shape index (κ1) is 15.4. The molecule has 0 aliphatic carbocycles. The van der Waals surface area contributed by atoms with E-state index in [1.54, 1.807) is 18.7 Å². The Hall–Kier alpha value is -1.69. The number of nitrogens with two attached hydrogens (primary N) is 1. The molecule has 4 N–H and O–H groups in total. The van der Waals surface area contributed by atoms with E-state index in [-0.39, 0.29) is 5.91 Å². The Bertz CT molecular complexity index is 434. The second kappa shape index (κ2) is 7.68. The molecule has 1 atom stereocenters. The average molecular weight is 281 g/mol. The zero-order valence-electron chi connectivity index (χ0n) is 11.1. The third kappa shape index (κ3) is 6.15. The second-order valence-corrected chi connectivity index (χ2v) is 5.35. The molecule has 1 aromatic carbocycles. The van der Waals surface area contributed by atoms with E-state index in [9.17, 15) is 9.59 Å². The van der Waals surface area contributed by atoms with Crippen molar-refractivity contribution in [1.82, 2.24) is 10.6 Å². The number of aryl methyl sites for hydroxylation is 1. The fourth-order valence-electron chi connectivity index (χ4n) is 1.41. The number of benzene rings is 1. The lowest BCUT2D eigenvalue weighted by Crippen LogP contribution is -2.47. The molecule has 5 nitrogen and oxygen atoms in total. The fourth-order valence-corrected chi connectivity index (χ4v) is 2.18. The van der Waals surface area contributed by atoms with E-state index in [1.807, 2.05) is 6.92 Å². The van der Waals surface area contributed by atoms with Gasteiger partial charge < -0.3 is 16.4 Å². The summed E-state index contributed by atoms with van der Waals surface area (Å²) in [5.74, 6) is 0.543. The molecule has 0 fully saturated rings. The van der Waals surface area contributed by atoms with Gasteiger partial charge >= 0.3 is 6.03 Å². The van der Waals surface area contributed by atoms with E-state index in [0.29, 0.717) is 6.54 Å². The van der Waals surface area contributed by atoms with Gasteiger partial charge in [0.05, 0.1) is 0 Å². The minimum atomic E-state index is -0.698. The SMILES string of the molecule is Cc1ccc(SCCNC(=O)[C@H](C)NC(N)=O)cc1. The summed E-state index contributed by atoms with van der Waals surface area (Å²) in [6, 6.07) is 6.91. The normalized spacial score (nSPS) is 11.7. The predicted molar refractivity (Wildman–Crippen MR) is 77.1 cm³/mol. The molecule has 0 saturated carbocycles. The predicted octanol–water partition coefficient (Wildman–Crippen LogP) is 1.26. The number of carbonyl (C=O) groups excluding carboxylic acids is 2. The van der Waals surface area contributed by atoms with Crippen molar-refractivity contribution in [3.63, 3.8) is 0 Å². The van der Waals surface area contributed by atoms with Crippen molar-refractivity contribution in [2.45, 2.75) is 24.8 Å². The van der Waals surface area contributed by atoms with Gasteiger partial charge in [-0.3, -0.25) is 4.79 Å². The van der Waals surface area contributed by atoms with Crippen LogP contribution in [0.5, 0.6) is 0 Å². The van der Waals surface area contributed by atoms with Gasteiger partial charge in [0.25, 0.3) is 0 Å². The Balaban J connectivity index is 2.21. The van der Waals surface area contributed by atoms with Gasteiger partial charge in [0, 0.05) is 17.2 Å². The number of amides is 3. The minimum Gasteiger partial charge on any atom is -0.353 e. The van der Waals surface area contributed by atoms with Crippen LogP contribution in [0, 0.1) is 6.92 Å². The van der Waals surface area contributed by atoms with Crippen molar-refractivity contribution >= 4 is 23.7 Å². The van der Waals surface area contributed by atoms with E-state index >= 15 is 0 Å². The van der Waals surface area contributed by atoms with E-state index in [4.69, 9.17) is 5.73 Å². The Kier molecular flexibility index (Phi) is 6.21. The molecule has 0 radical (unpaired) electrons. The summed E-state index contributed by atoms with van der Waals surface area (Å²) < 4.78 is 0. The highest BCUT2D eigenvalue weighted by atomic mass is 32.2. The number of primary amides is 1. The maximum Gasteiger partial charge on any atom is 0.312 e. The topological polar surface area (TPSA) is 84.2 Å². The number of hydrogen-bond acceptors (Lipinski definition) is 3. The van der Waals surface area contributed by atoms with E-state index < -0.39 is 12.1 Å². The molecular formula is C13H19N3O2S. The summed E-state index contributed by atoms with van der Waals surface area (Å²) in [5, 5.41) is 5.07. The summed E-state index contributed by atoms with van der Waals surface area (Å²) in [7, 11) is 0. The van der Waals surface area contributed by atoms with E-state index in [0.717, 1.165) is 5.75 Å². The van der Waals surface area contributed by atoms with Gasteiger partial charge in [0.1, 0.15) is 6.04 Å². The molecule has 19 heavy (non-hydrogen) atoms. The first-order valence-corrected chi connectivity index (χ1v) is 7.00. The van der Waals surface area contributed by atoms with Gasteiger partial charge in [-0.05, 0) is 26.0 Å². The lowest BCUT2D eigenvalue weighted by molar-refractivity contribution is -0.122. The maximum absolute atomic E-state index is 11.5. The van der Waals surface area contributed by atoms with Gasteiger partial charge in [-0.2, -0.15) is 0 Å². The number of nitrogens with one attached hydrogen (secondary N) is 2. The van der Waals surface area contributed by atoms with Gasteiger partial charge in [0.15, 0.2) is 0 Å². The van der Waals surface area contributed by atoms with Crippen molar-refractivity contribution in [1.29, 1.82) is 0 Å². The lowest BCUT2D eigenvalue weighted by Gasteiger charge is -2.12. The maximum atomic E-state index is 11.5. The monoisotopic (exact) mass is 281 g/mol. The molecular weight excluding hydrogens is 262 g/mol. The molecule has 0 aliphatic heterocycles. The lowest BCUT2D eigenvalue weighted by atomic mass is 10.2. The molecule has 0 aromatic heterocycles. The Morgan fingerprint density at radius 2 is 1.95 bits per heavy atom. The van der Waals surface area contributed by atoms with Gasteiger partial charge in [-0.25, -0.2) is 4.79 Å². The van der Waals surface area contributed by atoms with Crippen LogP contribution in [0.2, 0.25) is 0 Å². The molecule has 6 heteroatoms. The first-order chi connectivity index (χ1) is 8.99. The largest absolute Gasteiger partial charge is 0.353 e. The number of carbonyl (C=O) groups is 2. The number of urea groups is 1. The minimum absolute atomic E-state index is 0.233. The zero-order chi connectivity index (χ0) is 14.3. The number of rotatable bonds is 6. The van der Waals surface area contributed by atoms with Crippen molar-refractivity contribution < 1.29 is 9.59 Å². The van der Waals surface area contributed by atoms with E-state index in [2.05, 4.69) is 34.9 Å².